The van der Waals surface area contributed by atoms with Crippen LogP contribution in [0.2, 0.25) is 0 Å². The highest BCUT2D eigenvalue weighted by Crippen LogP contribution is 2.08. The van der Waals surface area contributed by atoms with Gasteiger partial charge in [-0.2, -0.15) is 0 Å². The second-order valence-electron chi connectivity index (χ2n) is 4.86. The Balaban J connectivity index is 0. The molecule has 0 saturated heterocycles. The first kappa shape index (κ1) is 22.2. The van der Waals surface area contributed by atoms with E-state index in [1.807, 2.05) is 27.7 Å². The standard InChI is InChI=1S/C13H17NO4.2C2H6/c1-13(2,3)18-12(17)14-8-9-4-6-10(7-5-9)11(15)16;2*1-2/h4-7H,8H2,1-3H3,(H,14,17)(H,15,16);2*1-2H3. The van der Waals surface area contributed by atoms with Gasteiger partial charge in [0.2, 0.25) is 0 Å². The van der Waals surface area contributed by atoms with E-state index in [-0.39, 0.29) is 5.56 Å². The van der Waals surface area contributed by atoms with Crippen molar-refractivity contribution in [2.75, 3.05) is 0 Å². The molecule has 0 bridgehead atoms. The summed E-state index contributed by atoms with van der Waals surface area (Å²) >= 11 is 0. The number of carboxylic acid groups (broad SMARTS) is 1. The number of carbonyl (C=O) groups is 2. The molecule has 1 aromatic rings. The summed E-state index contributed by atoms with van der Waals surface area (Å²) in [6.45, 7) is 13.7. The molecule has 0 spiro atoms. The molecule has 2 N–H and O–H groups in total. The lowest BCUT2D eigenvalue weighted by Gasteiger charge is -2.19. The first-order chi connectivity index (χ1) is 10.3. The third kappa shape index (κ3) is 10.7. The first-order valence-electron chi connectivity index (χ1n) is 7.57. The molecular formula is C17H29NO4. The largest absolute Gasteiger partial charge is 0.478 e. The maximum Gasteiger partial charge on any atom is 0.407 e. The molecule has 126 valence electrons. The maximum atomic E-state index is 11.4. The van der Waals surface area contributed by atoms with Gasteiger partial charge in [0.1, 0.15) is 5.60 Å². The molecule has 1 rings (SSSR count). The molecule has 0 aliphatic heterocycles. The normalized spacial score (nSPS) is 9.41. The summed E-state index contributed by atoms with van der Waals surface area (Å²) in [7, 11) is 0. The fraction of sp³-hybridized carbons (Fsp3) is 0.529. The van der Waals surface area contributed by atoms with E-state index in [0.29, 0.717) is 6.54 Å². The minimum atomic E-state index is -0.971. The van der Waals surface area contributed by atoms with E-state index in [2.05, 4.69) is 5.32 Å². The van der Waals surface area contributed by atoms with Gasteiger partial charge in [0.05, 0.1) is 5.56 Å². The summed E-state index contributed by atoms with van der Waals surface area (Å²) in [5.74, 6) is -0.971. The highest BCUT2D eigenvalue weighted by atomic mass is 16.6. The van der Waals surface area contributed by atoms with Gasteiger partial charge in [-0.1, -0.05) is 39.8 Å². The van der Waals surface area contributed by atoms with Crippen molar-refractivity contribution in [3.8, 4) is 0 Å². The minimum absolute atomic E-state index is 0.219. The van der Waals surface area contributed by atoms with Crippen molar-refractivity contribution in [1.29, 1.82) is 0 Å². The van der Waals surface area contributed by atoms with Crippen molar-refractivity contribution in [3.63, 3.8) is 0 Å². The highest BCUT2D eigenvalue weighted by molar-refractivity contribution is 5.87. The smallest absolute Gasteiger partial charge is 0.407 e. The number of hydrogen-bond donors (Lipinski definition) is 2. The molecule has 0 aliphatic rings. The van der Waals surface area contributed by atoms with Crippen molar-refractivity contribution in [1.82, 2.24) is 5.32 Å². The first-order valence-corrected chi connectivity index (χ1v) is 7.57. The Morgan fingerprint density at radius 2 is 1.50 bits per heavy atom. The molecule has 0 aromatic heterocycles. The fourth-order valence-electron chi connectivity index (χ4n) is 1.25. The number of ether oxygens (including phenoxy) is 1. The number of alkyl carbamates (subject to hydrolysis) is 1. The van der Waals surface area contributed by atoms with Gasteiger partial charge in [-0.05, 0) is 38.5 Å². The lowest BCUT2D eigenvalue weighted by molar-refractivity contribution is 0.0522. The third-order valence-electron chi connectivity index (χ3n) is 2.04. The third-order valence-corrected chi connectivity index (χ3v) is 2.04. The molecule has 0 heterocycles. The second kappa shape index (κ2) is 11.6. The van der Waals surface area contributed by atoms with E-state index in [9.17, 15) is 9.59 Å². The number of hydrogen-bond acceptors (Lipinski definition) is 3. The molecule has 5 nitrogen and oxygen atoms in total. The Hall–Kier alpha value is -2.04. The van der Waals surface area contributed by atoms with Crippen molar-refractivity contribution in [2.24, 2.45) is 0 Å². The molecule has 0 atom stereocenters. The molecule has 1 amide bonds. The van der Waals surface area contributed by atoms with Crippen molar-refractivity contribution in [2.45, 2.75) is 60.6 Å². The van der Waals surface area contributed by atoms with Gasteiger partial charge in [0, 0.05) is 6.54 Å². The number of rotatable bonds is 3. The summed E-state index contributed by atoms with van der Waals surface area (Å²) in [4.78, 5) is 22.0. The zero-order chi connectivity index (χ0) is 17.8. The van der Waals surface area contributed by atoms with Crippen LogP contribution in [-0.2, 0) is 11.3 Å². The summed E-state index contributed by atoms with van der Waals surface area (Å²) in [5.41, 5.74) is 0.499. The minimum Gasteiger partial charge on any atom is -0.478 e. The van der Waals surface area contributed by atoms with Gasteiger partial charge in [0.25, 0.3) is 0 Å². The Morgan fingerprint density at radius 3 is 1.86 bits per heavy atom. The van der Waals surface area contributed by atoms with Crippen LogP contribution in [0.25, 0.3) is 0 Å². The molecule has 0 aliphatic carbocycles. The lowest BCUT2D eigenvalue weighted by atomic mass is 10.1. The zero-order valence-corrected chi connectivity index (χ0v) is 14.7. The van der Waals surface area contributed by atoms with E-state index >= 15 is 0 Å². The SMILES string of the molecule is CC.CC.CC(C)(C)OC(=O)NCc1ccc(C(=O)O)cc1. The van der Waals surface area contributed by atoms with Crippen LogP contribution >= 0.6 is 0 Å². The van der Waals surface area contributed by atoms with Gasteiger partial charge in [-0.15, -0.1) is 0 Å². The number of carbonyl (C=O) groups excluding carboxylic acids is 1. The lowest BCUT2D eigenvalue weighted by Crippen LogP contribution is -2.32. The molecular weight excluding hydrogens is 282 g/mol. The van der Waals surface area contributed by atoms with Crippen LogP contribution in [-0.4, -0.2) is 22.8 Å². The molecule has 1 aromatic carbocycles. The summed E-state index contributed by atoms with van der Waals surface area (Å²) in [6, 6.07) is 6.30. The Morgan fingerprint density at radius 1 is 1.05 bits per heavy atom. The van der Waals surface area contributed by atoms with Crippen LogP contribution in [0.5, 0.6) is 0 Å². The van der Waals surface area contributed by atoms with Gasteiger partial charge in [-0.25, -0.2) is 9.59 Å². The average molecular weight is 311 g/mol. The fourth-order valence-corrected chi connectivity index (χ4v) is 1.25. The molecule has 0 fully saturated rings. The predicted octanol–water partition coefficient (Wildman–Crippen LogP) is 4.46. The summed E-state index contributed by atoms with van der Waals surface area (Å²) in [5, 5.41) is 11.3. The number of benzene rings is 1. The van der Waals surface area contributed by atoms with E-state index in [0.717, 1.165) is 5.56 Å². The van der Waals surface area contributed by atoms with E-state index in [1.54, 1.807) is 32.9 Å². The van der Waals surface area contributed by atoms with Gasteiger partial charge in [-0.3, -0.25) is 0 Å². The Labute approximate surface area is 133 Å². The van der Waals surface area contributed by atoms with Crippen LogP contribution in [0.1, 0.15) is 64.4 Å². The summed E-state index contributed by atoms with van der Waals surface area (Å²) in [6.07, 6.45) is -0.496. The molecule has 0 unspecified atom stereocenters. The number of aromatic carboxylic acids is 1. The van der Waals surface area contributed by atoms with Crippen LogP contribution < -0.4 is 5.32 Å². The van der Waals surface area contributed by atoms with Crippen LogP contribution in [0.3, 0.4) is 0 Å². The predicted molar refractivity (Wildman–Crippen MR) is 89.2 cm³/mol. The highest BCUT2D eigenvalue weighted by Gasteiger charge is 2.15. The van der Waals surface area contributed by atoms with Gasteiger partial charge in [0.15, 0.2) is 0 Å². The van der Waals surface area contributed by atoms with Crippen LogP contribution in [0.15, 0.2) is 24.3 Å². The zero-order valence-electron chi connectivity index (χ0n) is 14.7. The summed E-state index contributed by atoms with van der Waals surface area (Å²) < 4.78 is 5.08. The van der Waals surface area contributed by atoms with E-state index in [4.69, 9.17) is 9.84 Å². The van der Waals surface area contributed by atoms with Crippen molar-refractivity contribution < 1.29 is 19.4 Å². The number of nitrogens with one attached hydrogen (secondary N) is 1. The van der Waals surface area contributed by atoms with Crippen molar-refractivity contribution >= 4 is 12.1 Å². The van der Waals surface area contributed by atoms with E-state index < -0.39 is 17.7 Å². The Kier molecular flexibility index (Phi) is 11.7. The second-order valence-corrected chi connectivity index (χ2v) is 4.86. The quantitative estimate of drug-likeness (QED) is 0.864. The van der Waals surface area contributed by atoms with E-state index in [1.165, 1.54) is 12.1 Å². The maximum absolute atomic E-state index is 11.4. The molecule has 5 heteroatoms. The number of carboxylic acids is 1. The van der Waals surface area contributed by atoms with Crippen LogP contribution in [0, 0.1) is 0 Å². The topological polar surface area (TPSA) is 75.6 Å². The van der Waals surface area contributed by atoms with Gasteiger partial charge < -0.3 is 15.2 Å². The molecule has 0 radical (unpaired) electrons. The monoisotopic (exact) mass is 311 g/mol. The Bertz CT molecular complexity index is 433. The van der Waals surface area contributed by atoms with Crippen molar-refractivity contribution in [3.05, 3.63) is 35.4 Å². The van der Waals surface area contributed by atoms with Crippen LogP contribution in [0.4, 0.5) is 4.79 Å². The molecule has 0 saturated carbocycles. The average Bonchev–Trinajstić information content (AvgIpc) is 2.48. The van der Waals surface area contributed by atoms with Gasteiger partial charge >= 0.3 is 12.1 Å². The number of amides is 1. The molecule has 22 heavy (non-hydrogen) atoms.